The van der Waals surface area contributed by atoms with Crippen molar-refractivity contribution in [1.82, 2.24) is 34.7 Å². The molecule has 0 saturated carbocycles. The lowest BCUT2D eigenvalue weighted by Crippen LogP contribution is -2.05. The van der Waals surface area contributed by atoms with Crippen LogP contribution in [0, 0.1) is 13.8 Å². The Morgan fingerprint density at radius 1 is 1.00 bits per heavy atom. The second kappa shape index (κ2) is 5.74. The number of aryl methyl sites for hydroxylation is 2. The van der Waals surface area contributed by atoms with Crippen molar-refractivity contribution < 1.29 is 0 Å². The molecule has 3 aromatic rings. The molecule has 0 amide bonds. The van der Waals surface area contributed by atoms with Gasteiger partial charge in [0.15, 0.2) is 5.16 Å². The van der Waals surface area contributed by atoms with E-state index in [2.05, 4.69) is 30.0 Å². The first kappa shape index (κ1) is 13.9. The van der Waals surface area contributed by atoms with Crippen LogP contribution in [0.5, 0.6) is 0 Å². The standard InChI is InChI=1S/C12H10ClN7S/c1-7-6-8(2)16-11(15-7)21-12-18-9(13)17-10(19-12)20-5-3-4-14-20/h3-6H,1-2H3. The second-order valence-corrected chi connectivity index (χ2v) is 5.45. The number of hydrogen-bond acceptors (Lipinski definition) is 7. The minimum absolute atomic E-state index is 0.0994. The fourth-order valence-corrected chi connectivity index (χ4v) is 2.69. The predicted octanol–water partition coefficient (Wildman–Crippen LogP) is 2.27. The lowest BCUT2D eigenvalue weighted by Gasteiger charge is -2.04. The number of aromatic nitrogens is 7. The third kappa shape index (κ3) is 3.34. The predicted molar refractivity (Wildman–Crippen MR) is 77.6 cm³/mol. The highest BCUT2D eigenvalue weighted by Crippen LogP contribution is 2.23. The van der Waals surface area contributed by atoms with E-state index in [1.807, 2.05) is 19.9 Å². The lowest BCUT2D eigenvalue weighted by molar-refractivity contribution is 0.756. The summed E-state index contributed by atoms with van der Waals surface area (Å²) < 4.78 is 1.51. The van der Waals surface area contributed by atoms with E-state index < -0.39 is 0 Å². The molecule has 3 heterocycles. The Morgan fingerprint density at radius 2 is 1.71 bits per heavy atom. The molecular formula is C12H10ClN7S. The van der Waals surface area contributed by atoms with Crippen molar-refractivity contribution in [3.05, 3.63) is 41.2 Å². The Labute approximate surface area is 129 Å². The molecule has 0 aliphatic rings. The second-order valence-electron chi connectivity index (χ2n) is 4.17. The summed E-state index contributed by atoms with van der Waals surface area (Å²) in [4.78, 5) is 21.1. The van der Waals surface area contributed by atoms with Crippen molar-refractivity contribution in [2.75, 3.05) is 0 Å². The van der Waals surface area contributed by atoms with Gasteiger partial charge in [0.1, 0.15) is 0 Å². The van der Waals surface area contributed by atoms with Crippen LogP contribution in [-0.4, -0.2) is 34.7 Å². The van der Waals surface area contributed by atoms with Crippen molar-refractivity contribution >= 4 is 23.4 Å². The summed E-state index contributed by atoms with van der Waals surface area (Å²) in [5.74, 6) is 0.354. The monoisotopic (exact) mass is 319 g/mol. The summed E-state index contributed by atoms with van der Waals surface area (Å²) in [5.41, 5.74) is 1.77. The van der Waals surface area contributed by atoms with E-state index in [1.165, 1.54) is 16.4 Å². The average Bonchev–Trinajstić information content (AvgIpc) is 2.90. The van der Waals surface area contributed by atoms with Crippen LogP contribution >= 0.6 is 23.4 Å². The fraction of sp³-hybridized carbons (Fsp3) is 0.167. The molecule has 0 unspecified atom stereocenters. The van der Waals surface area contributed by atoms with Crippen LogP contribution < -0.4 is 0 Å². The highest BCUT2D eigenvalue weighted by molar-refractivity contribution is 7.99. The maximum atomic E-state index is 5.94. The van der Waals surface area contributed by atoms with Gasteiger partial charge in [0.05, 0.1) is 0 Å². The van der Waals surface area contributed by atoms with Gasteiger partial charge in [0.2, 0.25) is 10.4 Å². The van der Waals surface area contributed by atoms with E-state index in [0.717, 1.165) is 11.4 Å². The van der Waals surface area contributed by atoms with E-state index in [0.29, 0.717) is 16.3 Å². The molecule has 0 aromatic carbocycles. The molecule has 21 heavy (non-hydrogen) atoms. The summed E-state index contributed by atoms with van der Waals surface area (Å²) in [6.45, 7) is 3.82. The zero-order valence-corrected chi connectivity index (χ0v) is 12.8. The maximum Gasteiger partial charge on any atom is 0.255 e. The van der Waals surface area contributed by atoms with E-state index in [-0.39, 0.29) is 5.28 Å². The third-order valence-electron chi connectivity index (χ3n) is 2.43. The molecule has 0 fully saturated rings. The molecule has 3 aromatic heterocycles. The van der Waals surface area contributed by atoms with Gasteiger partial charge in [0, 0.05) is 23.8 Å². The molecule has 0 spiro atoms. The summed E-state index contributed by atoms with van der Waals surface area (Å²) in [5, 5.41) is 5.16. The fourth-order valence-electron chi connectivity index (χ4n) is 1.68. The quantitative estimate of drug-likeness (QED) is 0.685. The Kier molecular flexibility index (Phi) is 3.80. The highest BCUT2D eigenvalue weighted by Gasteiger charge is 2.10. The average molecular weight is 320 g/mol. The molecule has 0 aliphatic heterocycles. The van der Waals surface area contributed by atoms with Crippen molar-refractivity contribution in [2.45, 2.75) is 24.2 Å². The molecule has 0 saturated heterocycles. The topological polar surface area (TPSA) is 82.3 Å². The Hall–Kier alpha value is -2.06. The third-order valence-corrected chi connectivity index (χ3v) is 3.33. The lowest BCUT2D eigenvalue weighted by atomic mass is 10.4. The molecule has 9 heteroatoms. The van der Waals surface area contributed by atoms with Gasteiger partial charge in [-0.15, -0.1) is 0 Å². The van der Waals surface area contributed by atoms with Gasteiger partial charge in [-0.3, -0.25) is 0 Å². The smallest absolute Gasteiger partial charge is 0.228 e. The van der Waals surface area contributed by atoms with Crippen LogP contribution in [0.4, 0.5) is 0 Å². The molecule has 3 rings (SSSR count). The molecule has 0 atom stereocenters. The van der Waals surface area contributed by atoms with Gasteiger partial charge < -0.3 is 0 Å². The number of hydrogen-bond donors (Lipinski definition) is 0. The largest absolute Gasteiger partial charge is 0.255 e. The van der Waals surface area contributed by atoms with Gasteiger partial charge in [-0.05, 0) is 49.3 Å². The number of rotatable bonds is 3. The van der Waals surface area contributed by atoms with E-state index in [1.54, 1.807) is 18.5 Å². The molecule has 0 aliphatic carbocycles. The van der Waals surface area contributed by atoms with Crippen LogP contribution in [0.1, 0.15) is 11.4 Å². The maximum absolute atomic E-state index is 5.94. The first-order valence-electron chi connectivity index (χ1n) is 6.02. The Bertz CT molecular complexity index is 755. The first-order chi connectivity index (χ1) is 10.1. The van der Waals surface area contributed by atoms with Gasteiger partial charge in [-0.1, -0.05) is 0 Å². The zero-order chi connectivity index (χ0) is 14.8. The minimum atomic E-state index is 0.0994. The SMILES string of the molecule is Cc1cc(C)nc(Sc2nc(Cl)nc(-n3cccn3)n2)n1. The summed E-state index contributed by atoms with van der Waals surface area (Å²) in [6.07, 6.45) is 3.37. The van der Waals surface area contributed by atoms with Crippen LogP contribution in [0.15, 0.2) is 34.8 Å². The van der Waals surface area contributed by atoms with Crippen LogP contribution in [-0.2, 0) is 0 Å². The minimum Gasteiger partial charge on any atom is -0.228 e. The Balaban J connectivity index is 1.95. The van der Waals surface area contributed by atoms with E-state index >= 15 is 0 Å². The summed E-state index contributed by atoms with van der Waals surface area (Å²) in [7, 11) is 0. The van der Waals surface area contributed by atoms with Crippen molar-refractivity contribution in [2.24, 2.45) is 0 Å². The van der Waals surface area contributed by atoms with Crippen LogP contribution in [0.2, 0.25) is 5.28 Å². The van der Waals surface area contributed by atoms with Crippen molar-refractivity contribution in [1.29, 1.82) is 0 Å². The first-order valence-corrected chi connectivity index (χ1v) is 7.21. The molecule has 0 N–H and O–H groups in total. The van der Waals surface area contributed by atoms with Crippen molar-refractivity contribution in [3.8, 4) is 5.95 Å². The van der Waals surface area contributed by atoms with Gasteiger partial charge in [-0.25, -0.2) is 14.6 Å². The molecule has 106 valence electrons. The summed E-state index contributed by atoms with van der Waals surface area (Å²) >= 11 is 7.17. The van der Waals surface area contributed by atoms with Crippen LogP contribution in [0.25, 0.3) is 5.95 Å². The van der Waals surface area contributed by atoms with Crippen LogP contribution in [0.3, 0.4) is 0 Å². The molecular weight excluding hydrogens is 310 g/mol. The van der Waals surface area contributed by atoms with Gasteiger partial charge in [0.25, 0.3) is 5.95 Å². The highest BCUT2D eigenvalue weighted by atomic mass is 35.5. The normalized spacial score (nSPS) is 10.8. The van der Waals surface area contributed by atoms with Gasteiger partial charge >= 0.3 is 0 Å². The Morgan fingerprint density at radius 3 is 2.38 bits per heavy atom. The zero-order valence-electron chi connectivity index (χ0n) is 11.2. The van der Waals surface area contributed by atoms with Crippen molar-refractivity contribution in [3.63, 3.8) is 0 Å². The van der Waals surface area contributed by atoms with Gasteiger partial charge in [-0.2, -0.15) is 20.1 Å². The molecule has 0 radical (unpaired) electrons. The molecule has 7 nitrogen and oxygen atoms in total. The number of halogens is 1. The summed E-state index contributed by atoms with van der Waals surface area (Å²) in [6, 6.07) is 3.68. The molecule has 0 bridgehead atoms. The van der Waals surface area contributed by atoms with E-state index in [4.69, 9.17) is 11.6 Å². The number of nitrogens with zero attached hydrogens (tertiary/aromatic N) is 7. The van der Waals surface area contributed by atoms with E-state index in [9.17, 15) is 0 Å².